The fourth-order valence-electron chi connectivity index (χ4n) is 6.30. The van der Waals surface area contributed by atoms with Crippen LogP contribution in [0.1, 0.15) is 206 Å². The summed E-state index contributed by atoms with van der Waals surface area (Å²) in [6.07, 6.45) is 54.3. The molecule has 0 aliphatic carbocycles. The first-order valence-electron chi connectivity index (χ1n) is 23.8. The van der Waals surface area contributed by atoms with E-state index >= 15 is 0 Å². The van der Waals surface area contributed by atoms with Crippen molar-refractivity contribution in [2.75, 3.05) is 26.4 Å². The summed E-state index contributed by atoms with van der Waals surface area (Å²) in [6, 6.07) is 0. The first kappa shape index (κ1) is 56.7. The molecule has 0 aromatic rings. The molecule has 1 amide bonds. The van der Waals surface area contributed by atoms with Gasteiger partial charge in [0, 0.05) is 19.4 Å². The number of rotatable bonds is 44. The van der Waals surface area contributed by atoms with Gasteiger partial charge in [-0.3, -0.25) is 18.6 Å². The van der Waals surface area contributed by atoms with Gasteiger partial charge in [0.1, 0.15) is 12.7 Å². The maximum absolute atomic E-state index is 12.1. The molecule has 0 bridgehead atoms. The van der Waals surface area contributed by atoms with Crippen molar-refractivity contribution < 1.29 is 37.9 Å². The molecular formula is C49H88NO8P. The Balaban J connectivity index is 3.63. The Morgan fingerprint density at radius 2 is 0.915 bits per heavy atom. The minimum atomic E-state index is -4.43. The maximum Gasteiger partial charge on any atom is 0.472 e. The van der Waals surface area contributed by atoms with Crippen LogP contribution in [-0.4, -0.2) is 54.3 Å². The number of phosphoric acid groups is 1. The van der Waals surface area contributed by atoms with Crippen LogP contribution in [0, 0.1) is 0 Å². The quantitative estimate of drug-likeness (QED) is 0.0239. The molecule has 0 saturated heterocycles. The average Bonchev–Trinajstić information content (AvgIpc) is 3.22. The fraction of sp³-hybridized carbons (Fsp3) is 0.755. The fourth-order valence-corrected chi connectivity index (χ4v) is 7.06. The van der Waals surface area contributed by atoms with E-state index < -0.39 is 26.5 Å². The lowest BCUT2D eigenvalue weighted by atomic mass is 10.1. The van der Waals surface area contributed by atoms with Gasteiger partial charge in [0.15, 0.2) is 0 Å². The van der Waals surface area contributed by atoms with Gasteiger partial charge in [-0.05, 0) is 83.5 Å². The van der Waals surface area contributed by atoms with Crippen molar-refractivity contribution in [2.24, 2.45) is 0 Å². The van der Waals surface area contributed by atoms with Gasteiger partial charge >= 0.3 is 13.8 Å². The first-order valence-corrected chi connectivity index (χ1v) is 25.3. The highest BCUT2D eigenvalue weighted by atomic mass is 31.2. The highest BCUT2D eigenvalue weighted by molar-refractivity contribution is 7.47. The Morgan fingerprint density at radius 3 is 1.42 bits per heavy atom. The number of nitrogens with one attached hydrogen (secondary N) is 1. The van der Waals surface area contributed by atoms with E-state index in [1.165, 1.54) is 103 Å². The number of ether oxygens (including phenoxy) is 1. The maximum atomic E-state index is 12.1. The Morgan fingerprint density at radius 1 is 0.525 bits per heavy atom. The second-order valence-electron chi connectivity index (χ2n) is 15.7. The van der Waals surface area contributed by atoms with Crippen molar-refractivity contribution >= 4 is 19.7 Å². The van der Waals surface area contributed by atoms with Crippen LogP contribution in [0.4, 0.5) is 0 Å². The van der Waals surface area contributed by atoms with Crippen molar-refractivity contribution in [3.63, 3.8) is 0 Å². The third-order valence-corrected chi connectivity index (χ3v) is 10.9. The van der Waals surface area contributed by atoms with Gasteiger partial charge in [-0.25, -0.2) is 4.57 Å². The summed E-state index contributed by atoms with van der Waals surface area (Å²) in [4.78, 5) is 34.0. The van der Waals surface area contributed by atoms with Gasteiger partial charge in [-0.15, -0.1) is 0 Å². The number of amides is 1. The van der Waals surface area contributed by atoms with E-state index in [2.05, 4.69) is 79.9 Å². The lowest BCUT2D eigenvalue weighted by Gasteiger charge is -2.15. The van der Waals surface area contributed by atoms with Crippen molar-refractivity contribution in [3.8, 4) is 0 Å². The molecule has 9 nitrogen and oxygen atoms in total. The first-order chi connectivity index (χ1) is 28.8. The SMILES string of the molecule is CCCCC/C=C\C/C=C\C/C=C\C/C=C\CCCCCCCC(=O)OCC(O)COP(=O)(O)OCCNC(=O)CCCCCCCCC/C=C\CCCCCCCC. The molecule has 10 heteroatoms. The lowest BCUT2D eigenvalue weighted by Crippen LogP contribution is -2.27. The van der Waals surface area contributed by atoms with Crippen LogP contribution >= 0.6 is 7.82 Å². The van der Waals surface area contributed by atoms with E-state index in [-0.39, 0.29) is 32.1 Å². The van der Waals surface area contributed by atoms with Crippen LogP contribution < -0.4 is 5.32 Å². The molecular weight excluding hydrogens is 762 g/mol. The van der Waals surface area contributed by atoms with Crippen LogP contribution in [0.3, 0.4) is 0 Å². The number of hydrogen-bond donors (Lipinski definition) is 3. The molecule has 0 aromatic carbocycles. The van der Waals surface area contributed by atoms with E-state index in [1.807, 2.05) is 0 Å². The number of allylic oxidation sites excluding steroid dienone is 10. The van der Waals surface area contributed by atoms with E-state index in [1.54, 1.807) is 0 Å². The van der Waals surface area contributed by atoms with Gasteiger partial charge in [0.05, 0.1) is 13.2 Å². The molecule has 2 atom stereocenters. The molecule has 0 rings (SSSR count). The predicted octanol–water partition coefficient (Wildman–Crippen LogP) is 13.7. The molecule has 0 radical (unpaired) electrons. The molecule has 3 N–H and O–H groups in total. The van der Waals surface area contributed by atoms with Crippen LogP contribution in [0.2, 0.25) is 0 Å². The van der Waals surface area contributed by atoms with Gasteiger partial charge in [0.25, 0.3) is 0 Å². The molecule has 342 valence electrons. The highest BCUT2D eigenvalue weighted by Crippen LogP contribution is 2.42. The Labute approximate surface area is 361 Å². The minimum Gasteiger partial charge on any atom is -0.463 e. The molecule has 0 heterocycles. The van der Waals surface area contributed by atoms with E-state index in [4.69, 9.17) is 13.8 Å². The number of hydrogen-bond acceptors (Lipinski definition) is 7. The monoisotopic (exact) mass is 850 g/mol. The second kappa shape index (κ2) is 45.2. The average molecular weight is 850 g/mol. The zero-order valence-electron chi connectivity index (χ0n) is 37.7. The summed E-state index contributed by atoms with van der Waals surface area (Å²) < 4.78 is 26.9. The van der Waals surface area contributed by atoms with Crippen molar-refractivity contribution in [3.05, 3.63) is 60.8 Å². The van der Waals surface area contributed by atoms with Gasteiger partial charge in [-0.1, -0.05) is 171 Å². The number of esters is 1. The number of aliphatic hydroxyl groups is 1. The van der Waals surface area contributed by atoms with Crippen LogP contribution in [0.15, 0.2) is 60.8 Å². The number of aliphatic hydroxyl groups excluding tert-OH is 1. The molecule has 0 fully saturated rings. The molecule has 59 heavy (non-hydrogen) atoms. The summed E-state index contributed by atoms with van der Waals surface area (Å²) in [6.45, 7) is 3.50. The summed E-state index contributed by atoms with van der Waals surface area (Å²) in [5.74, 6) is -0.539. The second-order valence-corrected chi connectivity index (χ2v) is 17.2. The van der Waals surface area contributed by atoms with Crippen LogP contribution in [0.5, 0.6) is 0 Å². The van der Waals surface area contributed by atoms with E-state index in [0.717, 1.165) is 70.6 Å². The standard InChI is InChI=1S/C49H88NO8P/c1-3-5-7-9-11-13-15-17-19-21-22-23-24-26-28-30-32-34-36-38-40-42-49(53)56-45-47(51)46-58-59(54,55)57-44-43-50-48(52)41-39-37-35-33-31-29-27-25-20-18-16-14-12-10-8-6-4-2/h11,13,17-20,22-23,26,28,47,51H,3-10,12,14-16,21,24-25,27,29-46H2,1-2H3,(H,50,52)(H,54,55)/b13-11-,19-17-,20-18-,23-22-,28-26-. The van der Waals surface area contributed by atoms with Gasteiger partial charge < -0.3 is 20.1 Å². The largest absolute Gasteiger partial charge is 0.472 e. The smallest absolute Gasteiger partial charge is 0.463 e. The summed E-state index contributed by atoms with van der Waals surface area (Å²) >= 11 is 0. The third kappa shape index (κ3) is 46.6. The van der Waals surface area contributed by atoms with Crippen LogP contribution in [0.25, 0.3) is 0 Å². The molecule has 0 aliphatic heterocycles. The van der Waals surface area contributed by atoms with Crippen LogP contribution in [-0.2, 0) is 27.9 Å². The highest BCUT2D eigenvalue weighted by Gasteiger charge is 2.23. The van der Waals surface area contributed by atoms with Crippen molar-refractivity contribution in [2.45, 2.75) is 213 Å². The molecule has 0 spiro atoms. The van der Waals surface area contributed by atoms with Gasteiger partial charge in [-0.2, -0.15) is 0 Å². The predicted molar refractivity (Wildman–Crippen MR) is 247 cm³/mol. The number of unbranched alkanes of at least 4 members (excludes halogenated alkanes) is 21. The zero-order chi connectivity index (χ0) is 43.2. The van der Waals surface area contributed by atoms with Crippen molar-refractivity contribution in [1.29, 1.82) is 0 Å². The lowest BCUT2D eigenvalue weighted by molar-refractivity contribution is -0.147. The molecule has 0 aromatic heterocycles. The topological polar surface area (TPSA) is 131 Å². The number of phosphoric ester groups is 1. The van der Waals surface area contributed by atoms with Gasteiger partial charge in [0.2, 0.25) is 5.91 Å². The number of carbonyl (C=O) groups excluding carboxylic acids is 2. The molecule has 2 unspecified atom stereocenters. The van der Waals surface area contributed by atoms with Crippen molar-refractivity contribution in [1.82, 2.24) is 5.32 Å². The Kier molecular flexibility index (Phi) is 43.5. The minimum absolute atomic E-state index is 0.0751. The van der Waals surface area contributed by atoms with E-state index in [0.29, 0.717) is 12.8 Å². The zero-order valence-corrected chi connectivity index (χ0v) is 38.6. The number of carbonyl (C=O) groups is 2. The Hall–Kier alpha value is -2.29. The molecule has 0 saturated carbocycles. The summed E-state index contributed by atoms with van der Waals surface area (Å²) in [7, 11) is -4.43. The summed E-state index contributed by atoms with van der Waals surface area (Å²) in [5, 5.41) is 12.7. The van der Waals surface area contributed by atoms with E-state index in [9.17, 15) is 24.2 Å². The normalized spacial score (nSPS) is 13.8. The molecule has 0 aliphatic rings. The Bertz CT molecular complexity index is 1150. The third-order valence-electron chi connectivity index (χ3n) is 9.92. The summed E-state index contributed by atoms with van der Waals surface area (Å²) in [5.41, 5.74) is 0.